The van der Waals surface area contributed by atoms with Crippen LogP contribution in [0.4, 0.5) is 0 Å². The molecule has 1 aliphatic carbocycles. The molecule has 0 spiro atoms. The molecule has 2 aliphatic rings. The van der Waals surface area contributed by atoms with Crippen molar-refractivity contribution in [1.82, 2.24) is 19.4 Å². The van der Waals surface area contributed by atoms with Gasteiger partial charge in [0.25, 0.3) is 11.8 Å². The summed E-state index contributed by atoms with van der Waals surface area (Å²) in [7, 11) is 0. The van der Waals surface area contributed by atoms with Crippen molar-refractivity contribution >= 4 is 11.8 Å². The van der Waals surface area contributed by atoms with Crippen LogP contribution < -0.4 is 0 Å². The summed E-state index contributed by atoms with van der Waals surface area (Å²) in [6.07, 6.45) is 5.10. The van der Waals surface area contributed by atoms with Gasteiger partial charge >= 0.3 is 0 Å². The average molecular weight is 366 g/mol. The lowest BCUT2D eigenvalue weighted by Gasteiger charge is -2.27. The van der Waals surface area contributed by atoms with Crippen LogP contribution >= 0.6 is 0 Å². The third-order valence-electron chi connectivity index (χ3n) is 5.26. The minimum Gasteiger partial charge on any atom is -0.337 e. The van der Waals surface area contributed by atoms with Crippen LogP contribution in [-0.4, -0.2) is 50.8 Å². The number of benzene rings is 1. The fraction of sp³-hybridized carbons (Fsp3) is 0.476. The highest BCUT2D eigenvalue weighted by atomic mass is 16.2. The van der Waals surface area contributed by atoms with Crippen LogP contribution in [0, 0.1) is 5.92 Å². The molecule has 2 heterocycles. The van der Waals surface area contributed by atoms with E-state index in [1.807, 2.05) is 39.8 Å². The lowest BCUT2D eigenvalue weighted by Crippen LogP contribution is -2.39. The molecule has 4 rings (SSSR count). The first-order chi connectivity index (χ1) is 13.2. The Morgan fingerprint density at radius 1 is 1.22 bits per heavy atom. The standard InChI is InChI=1S/C21H26N4O2/c1-2-10-24(14-17-8-9-17)20(26)18-15-23-11-12-25(21(27)19(23)22-18)13-16-6-4-3-5-7-16/h3-7,15,17H,2,8-14H2,1H3. The number of carbonyl (C=O) groups excluding carboxylic acids is 2. The third kappa shape index (κ3) is 3.89. The van der Waals surface area contributed by atoms with E-state index in [0.717, 1.165) is 25.1 Å². The van der Waals surface area contributed by atoms with Gasteiger partial charge in [-0.2, -0.15) is 0 Å². The second-order valence-electron chi connectivity index (χ2n) is 7.55. The summed E-state index contributed by atoms with van der Waals surface area (Å²) in [4.78, 5) is 33.9. The largest absolute Gasteiger partial charge is 0.337 e. The van der Waals surface area contributed by atoms with E-state index < -0.39 is 0 Å². The van der Waals surface area contributed by atoms with Gasteiger partial charge in [-0.15, -0.1) is 0 Å². The molecule has 2 amide bonds. The molecule has 0 atom stereocenters. The van der Waals surface area contributed by atoms with E-state index >= 15 is 0 Å². The van der Waals surface area contributed by atoms with Gasteiger partial charge in [0.15, 0.2) is 5.82 Å². The number of nitrogens with zero attached hydrogens (tertiary/aromatic N) is 4. The van der Waals surface area contributed by atoms with Gasteiger partial charge in [0.2, 0.25) is 0 Å². The number of amides is 2. The van der Waals surface area contributed by atoms with Gasteiger partial charge in [-0.05, 0) is 30.7 Å². The Labute approximate surface area is 159 Å². The minimum absolute atomic E-state index is 0.0481. The molecule has 1 aromatic heterocycles. The van der Waals surface area contributed by atoms with Gasteiger partial charge in [0, 0.05) is 38.9 Å². The number of carbonyl (C=O) groups is 2. The molecule has 27 heavy (non-hydrogen) atoms. The second kappa shape index (κ2) is 7.55. The molecule has 6 nitrogen and oxygen atoms in total. The summed E-state index contributed by atoms with van der Waals surface area (Å²) in [5, 5.41) is 0. The molecule has 0 unspecified atom stereocenters. The lowest BCUT2D eigenvalue weighted by molar-refractivity contribution is 0.0683. The third-order valence-corrected chi connectivity index (χ3v) is 5.26. The predicted molar refractivity (Wildman–Crippen MR) is 102 cm³/mol. The van der Waals surface area contributed by atoms with Gasteiger partial charge in [0.05, 0.1) is 0 Å². The molecule has 0 saturated heterocycles. The zero-order valence-corrected chi connectivity index (χ0v) is 15.8. The molecule has 1 aliphatic heterocycles. The summed E-state index contributed by atoms with van der Waals surface area (Å²) in [5.74, 6) is 0.866. The maximum Gasteiger partial charge on any atom is 0.290 e. The van der Waals surface area contributed by atoms with Crippen molar-refractivity contribution in [2.45, 2.75) is 39.3 Å². The number of imidazole rings is 1. The van der Waals surface area contributed by atoms with E-state index in [2.05, 4.69) is 11.9 Å². The number of aromatic nitrogens is 2. The molecule has 2 aromatic rings. The highest BCUT2D eigenvalue weighted by molar-refractivity contribution is 5.96. The Bertz CT molecular complexity index is 826. The minimum atomic E-state index is -0.103. The van der Waals surface area contributed by atoms with Gasteiger partial charge in [-0.25, -0.2) is 4.98 Å². The molecule has 1 aromatic carbocycles. The molecule has 0 N–H and O–H groups in total. The number of fused-ring (bicyclic) bond motifs is 1. The number of hydrogen-bond acceptors (Lipinski definition) is 3. The summed E-state index contributed by atoms with van der Waals surface area (Å²) in [5.41, 5.74) is 1.50. The maximum atomic E-state index is 12.9. The van der Waals surface area contributed by atoms with Crippen LogP contribution in [0.2, 0.25) is 0 Å². The molecular formula is C21H26N4O2. The Hall–Kier alpha value is -2.63. The van der Waals surface area contributed by atoms with Gasteiger partial charge in [-0.3, -0.25) is 9.59 Å². The highest BCUT2D eigenvalue weighted by Gasteiger charge is 2.31. The van der Waals surface area contributed by atoms with Crippen molar-refractivity contribution in [1.29, 1.82) is 0 Å². The zero-order valence-electron chi connectivity index (χ0n) is 15.8. The van der Waals surface area contributed by atoms with Crippen molar-refractivity contribution in [3.05, 3.63) is 53.6 Å². The van der Waals surface area contributed by atoms with Crippen LogP contribution in [0.25, 0.3) is 0 Å². The SMILES string of the molecule is CCCN(CC1CC1)C(=O)c1cn2c(n1)C(=O)N(Cc1ccccc1)CC2. The smallest absolute Gasteiger partial charge is 0.290 e. The molecule has 6 heteroatoms. The molecule has 0 radical (unpaired) electrons. The second-order valence-corrected chi connectivity index (χ2v) is 7.55. The topological polar surface area (TPSA) is 58.4 Å². The molecule has 142 valence electrons. The van der Waals surface area contributed by atoms with Crippen molar-refractivity contribution in [3.63, 3.8) is 0 Å². The van der Waals surface area contributed by atoms with Crippen LogP contribution in [0.3, 0.4) is 0 Å². The number of hydrogen-bond donors (Lipinski definition) is 0. The van der Waals surface area contributed by atoms with E-state index in [9.17, 15) is 9.59 Å². The van der Waals surface area contributed by atoms with E-state index in [4.69, 9.17) is 0 Å². The summed E-state index contributed by atoms with van der Waals surface area (Å²) in [6, 6.07) is 9.96. The first-order valence-electron chi connectivity index (χ1n) is 9.85. The highest BCUT2D eigenvalue weighted by Crippen LogP contribution is 2.30. The van der Waals surface area contributed by atoms with E-state index in [1.54, 1.807) is 11.1 Å². The average Bonchev–Trinajstić information content (AvgIpc) is 3.39. The zero-order chi connectivity index (χ0) is 18.8. The Morgan fingerprint density at radius 3 is 2.70 bits per heavy atom. The van der Waals surface area contributed by atoms with E-state index in [0.29, 0.717) is 37.1 Å². The first-order valence-corrected chi connectivity index (χ1v) is 9.85. The number of rotatable bonds is 7. The first kappa shape index (κ1) is 17.8. The van der Waals surface area contributed by atoms with Crippen LogP contribution in [-0.2, 0) is 13.1 Å². The maximum absolute atomic E-state index is 12.9. The Balaban J connectivity index is 1.50. The van der Waals surface area contributed by atoms with Crippen LogP contribution in [0.5, 0.6) is 0 Å². The fourth-order valence-electron chi connectivity index (χ4n) is 3.61. The van der Waals surface area contributed by atoms with Gasteiger partial charge in [-0.1, -0.05) is 37.3 Å². The normalized spacial score (nSPS) is 16.3. The van der Waals surface area contributed by atoms with Gasteiger partial charge < -0.3 is 14.4 Å². The molecule has 0 bridgehead atoms. The monoisotopic (exact) mass is 366 g/mol. The quantitative estimate of drug-likeness (QED) is 0.757. The van der Waals surface area contributed by atoms with E-state index in [1.165, 1.54) is 12.8 Å². The summed E-state index contributed by atoms with van der Waals surface area (Å²) in [6.45, 7) is 5.50. The summed E-state index contributed by atoms with van der Waals surface area (Å²) < 4.78 is 1.83. The Morgan fingerprint density at radius 2 is 2.00 bits per heavy atom. The van der Waals surface area contributed by atoms with Crippen LogP contribution in [0.1, 0.15) is 52.9 Å². The summed E-state index contributed by atoms with van der Waals surface area (Å²) >= 11 is 0. The molecule has 1 saturated carbocycles. The lowest BCUT2D eigenvalue weighted by atomic mass is 10.2. The predicted octanol–water partition coefficient (Wildman–Crippen LogP) is 2.80. The van der Waals surface area contributed by atoms with Crippen molar-refractivity contribution < 1.29 is 9.59 Å². The fourth-order valence-corrected chi connectivity index (χ4v) is 3.61. The van der Waals surface area contributed by atoms with Crippen molar-refractivity contribution in [3.8, 4) is 0 Å². The molecule has 1 fully saturated rings. The van der Waals surface area contributed by atoms with Gasteiger partial charge in [0.1, 0.15) is 5.69 Å². The van der Waals surface area contributed by atoms with Crippen molar-refractivity contribution in [2.24, 2.45) is 5.92 Å². The van der Waals surface area contributed by atoms with Crippen molar-refractivity contribution in [2.75, 3.05) is 19.6 Å². The molecular weight excluding hydrogens is 340 g/mol. The van der Waals surface area contributed by atoms with Crippen LogP contribution in [0.15, 0.2) is 36.5 Å². The Kier molecular flexibility index (Phi) is 4.97. The van der Waals surface area contributed by atoms with E-state index in [-0.39, 0.29) is 11.8 Å².